The fraction of sp³-hybridized carbons (Fsp3) is 0.857. The summed E-state index contributed by atoms with van der Waals surface area (Å²) >= 11 is 0. The molecule has 3 N–H and O–H groups in total. The largest absolute Gasteiger partial charge is 0.480 e. The number of carboxylic acids is 1. The Morgan fingerprint density at radius 1 is 1.26 bits per heavy atom. The van der Waals surface area contributed by atoms with Crippen LogP contribution < -0.4 is 10.6 Å². The SMILES string of the molecule is CCC1CCCC(NC(=O)NC2(C(=O)O)CCC2)C1. The molecule has 2 aliphatic rings. The molecule has 2 unspecified atom stereocenters. The molecule has 5 heteroatoms. The van der Waals surface area contributed by atoms with E-state index in [4.69, 9.17) is 0 Å². The predicted octanol–water partition coefficient (Wildman–Crippen LogP) is 2.26. The first-order valence-electron chi connectivity index (χ1n) is 7.38. The van der Waals surface area contributed by atoms with Gasteiger partial charge in [-0.05, 0) is 38.0 Å². The highest BCUT2D eigenvalue weighted by atomic mass is 16.4. The lowest BCUT2D eigenvalue weighted by molar-refractivity contribution is -0.148. The molecule has 2 saturated carbocycles. The van der Waals surface area contributed by atoms with Crippen molar-refractivity contribution < 1.29 is 14.7 Å². The molecule has 5 nitrogen and oxygen atoms in total. The van der Waals surface area contributed by atoms with Crippen molar-refractivity contribution in [3.8, 4) is 0 Å². The summed E-state index contributed by atoms with van der Waals surface area (Å²) in [5, 5.41) is 14.8. The van der Waals surface area contributed by atoms with Crippen LogP contribution in [-0.2, 0) is 4.79 Å². The van der Waals surface area contributed by atoms with Gasteiger partial charge in [-0.25, -0.2) is 9.59 Å². The number of rotatable bonds is 4. The third-order valence-electron chi connectivity index (χ3n) is 4.66. The molecule has 0 radical (unpaired) electrons. The minimum absolute atomic E-state index is 0.199. The lowest BCUT2D eigenvalue weighted by Crippen LogP contribution is -2.62. The highest BCUT2D eigenvalue weighted by Gasteiger charge is 2.45. The molecule has 2 atom stereocenters. The number of hydrogen-bond acceptors (Lipinski definition) is 2. The minimum atomic E-state index is -1.01. The first-order valence-corrected chi connectivity index (χ1v) is 7.38. The number of aliphatic carboxylic acids is 1. The minimum Gasteiger partial charge on any atom is -0.480 e. The maximum Gasteiger partial charge on any atom is 0.329 e. The highest BCUT2D eigenvalue weighted by molar-refractivity contribution is 5.87. The molecule has 0 spiro atoms. The standard InChI is InChI=1S/C14H24N2O3/c1-2-10-5-3-6-11(9-10)15-13(19)16-14(12(17)18)7-4-8-14/h10-11H,2-9H2,1H3,(H,17,18)(H2,15,16,19). The van der Waals surface area contributed by atoms with Gasteiger partial charge in [0.25, 0.3) is 0 Å². The van der Waals surface area contributed by atoms with Crippen LogP contribution in [0.2, 0.25) is 0 Å². The zero-order valence-corrected chi connectivity index (χ0v) is 11.6. The number of urea groups is 1. The Morgan fingerprint density at radius 2 is 2.00 bits per heavy atom. The van der Waals surface area contributed by atoms with Crippen molar-refractivity contribution in [3.05, 3.63) is 0 Å². The van der Waals surface area contributed by atoms with Crippen LogP contribution in [0.15, 0.2) is 0 Å². The van der Waals surface area contributed by atoms with Crippen molar-refractivity contribution in [2.75, 3.05) is 0 Å². The Kier molecular flexibility index (Phi) is 4.32. The Labute approximate surface area is 114 Å². The van der Waals surface area contributed by atoms with Crippen LogP contribution >= 0.6 is 0 Å². The Bertz CT molecular complexity index is 353. The van der Waals surface area contributed by atoms with E-state index in [0.717, 1.165) is 32.1 Å². The fourth-order valence-electron chi connectivity index (χ4n) is 3.15. The van der Waals surface area contributed by atoms with Crippen LogP contribution in [0.1, 0.15) is 58.3 Å². The van der Waals surface area contributed by atoms with Crippen LogP contribution in [0.3, 0.4) is 0 Å². The lowest BCUT2D eigenvalue weighted by Gasteiger charge is -2.39. The Morgan fingerprint density at radius 3 is 2.53 bits per heavy atom. The first kappa shape index (κ1) is 14.2. The highest BCUT2D eigenvalue weighted by Crippen LogP contribution is 2.32. The maximum absolute atomic E-state index is 11.9. The van der Waals surface area contributed by atoms with E-state index in [2.05, 4.69) is 17.6 Å². The normalized spacial score (nSPS) is 29.1. The van der Waals surface area contributed by atoms with Gasteiger partial charge in [-0.2, -0.15) is 0 Å². The lowest BCUT2D eigenvalue weighted by atomic mass is 9.77. The van der Waals surface area contributed by atoms with Gasteiger partial charge in [0.1, 0.15) is 5.54 Å². The topological polar surface area (TPSA) is 78.4 Å². The third kappa shape index (κ3) is 3.19. The number of nitrogens with one attached hydrogen (secondary N) is 2. The second-order valence-corrected chi connectivity index (χ2v) is 5.98. The van der Waals surface area contributed by atoms with Crippen LogP contribution in [0.5, 0.6) is 0 Å². The molecule has 0 bridgehead atoms. The van der Waals surface area contributed by atoms with Gasteiger partial charge in [-0.3, -0.25) is 0 Å². The van der Waals surface area contributed by atoms with Crippen molar-refractivity contribution in [2.24, 2.45) is 5.92 Å². The molecule has 2 amide bonds. The molecule has 0 aliphatic heterocycles. The van der Waals surface area contributed by atoms with Gasteiger partial charge >= 0.3 is 12.0 Å². The van der Waals surface area contributed by atoms with Crippen molar-refractivity contribution in [1.29, 1.82) is 0 Å². The summed E-state index contributed by atoms with van der Waals surface area (Å²) in [5.74, 6) is -0.222. The predicted molar refractivity (Wildman–Crippen MR) is 71.9 cm³/mol. The summed E-state index contributed by atoms with van der Waals surface area (Å²) in [6, 6.07) is -0.117. The molecule has 0 aromatic heterocycles. The van der Waals surface area contributed by atoms with E-state index in [1.54, 1.807) is 0 Å². The number of carboxylic acid groups (broad SMARTS) is 1. The molecule has 0 aromatic rings. The molecule has 2 rings (SSSR count). The van der Waals surface area contributed by atoms with Gasteiger partial charge < -0.3 is 15.7 Å². The molecule has 0 aromatic carbocycles. The average Bonchev–Trinajstić information content (AvgIpc) is 2.33. The van der Waals surface area contributed by atoms with E-state index < -0.39 is 11.5 Å². The summed E-state index contributed by atoms with van der Waals surface area (Å²) in [6.45, 7) is 2.18. The van der Waals surface area contributed by atoms with Crippen molar-refractivity contribution >= 4 is 12.0 Å². The van der Waals surface area contributed by atoms with Crippen molar-refractivity contribution in [3.63, 3.8) is 0 Å². The second-order valence-electron chi connectivity index (χ2n) is 5.98. The van der Waals surface area contributed by atoms with Gasteiger partial charge in [0.05, 0.1) is 0 Å². The van der Waals surface area contributed by atoms with Gasteiger partial charge in [0.15, 0.2) is 0 Å². The van der Waals surface area contributed by atoms with Crippen molar-refractivity contribution in [2.45, 2.75) is 69.9 Å². The van der Waals surface area contributed by atoms with Crippen LogP contribution in [-0.4, -0.2) is 28.7 Å². The summed E-state index contributed by atoms with van der Waals surface area (Å²) in [7, 11) is 0. The van der Waals surface area contributed by atoms with Gasteiger partial charge in [-0.15, -0.1) is 0 Å². The summed E-state index contributed by atoms with van der Waals surface area (Å²) in [5.41, 5.74) is -1.01. The third-order valence-corrected chi connectivity index (χ3v) is 4.66. The van der Waals surface area contributed by atoms with Gasteiger partial charge in [0, 0.05) is 6.04 Å². The summed E-state index contributed by atoms with van der Waals surface area (Å²) < 4.78 is 0. The fourth-order valence-corrected chi connectivity index (χ4v) is 3.15. The number of carbonyl (C=O) groups is 2. The number of carbonyl (C=O) groups excluding carboxylic acids is 1. The molecular formula is C14H24N2O3. The zero-order chi connectivity index (χ0) is 13.9. The molecule has 108 valence electrons. The molecular weight excluding hydrogens is 244 g/mol. The van der Waals surface area contributed by atoms with E-state index in [0.29, 0.717) is 18.8 Å². The van der Waals surface area contributed by atoms with Crippen LogP contribution in [0.25, 0.3) is 0 Å². The quantitative estimate of drug-likeness (QED) is 0.731. The number of hydrogen-bond donors (Lipinski definition) is 3. The van der Waals surface area contributed by atoms with E-state index in [1.165, 1.54) is 6.42 Å². The molecule has 2 fully saturated rings. The maximum atomic E-state index is 11.9. The summed E-state index contributed by atoms with van der Waals surface area (Å²) in [6.07, 6.45) is 7.51. The van der Waals surface area contributed by atoms with E-state index in [9.17, 15) is 14.7 Å². The average molecular weight is 268 g/mol. The van der Waals surface area contributed by atoms with Gasteiger partial charge in [0.2, 0.25) is 0 Å². The molecule has 2 aliphatic carbocycles. The smallest absolute Gasteiger partial charge is 0.329 e. The molecule has 0 heterocycles. The van der Waals surface area contributed by atoms with Crippen molar-refractivity contribution in [1.82, 2.24) is 10.6 Å². The Hall–Kier alpha value is -1.26. The molecule has 0 saturated heterocycles. The molecule has 19 heavy (non-hydrogen) atoms. The first-order chi connectivity index (χ1) is 9.05. The summed E-state index contributed by atoms with van der Waals surface area (Å²) in [4.78, 5) is 23.1. The monoisotopic (exact) mass is 268 g/mol. The van der Waals surface area contributed by atoms with Crippen LogP contribution in [0.4, 0.5) is 4.79 Å². The Balaban J connectivity index is 1.82. The van der Waals surface area contributed by atoms with E-state index in [-0.39, 0.29) is 12.1 Å². The van der Waals surface area contributed by atoms with E-state index >= 15 is 0 Å². The number of amides is 2. The van der Waals surface area contributed by atoms with Crippen LogP contribution in [0, 0.1) is 5.92 Å². The van der Waals surface area contributed by atoms with Gasteiger partial charge in [-0.1, -0.05) is 26.2 Å². The van der Waals surface area contributed by atoms with E-state index in [1.807, 2.05) is 0 Å². The second kappa shape index (κ2) is 5.80. The zero-order valence-electron chi connectivity index (χ0n) is 11.6.